The Morgan fingerprint density at radius 3 is 2.24 bits per heavy atom. The highest BCUT2D eigenvalue weighted by Crippen LogP contribution is 2.23. The molecule has 0 fully saturated rings. The van der Waals surface area contributed by atoms with Gasteiger partial charge in [0.05, 0.1) is 0 Å². The smallest absolute Gasteiger partial charge is 0.257 e. The third kappa shape index (κ3) is 4.87. The van der Waals surface area contributed by atoms with E-state index in [4.69, 9.17) is 12.2 Å². The number of benzene rings is 2. The van der Waals surface area contributed by atoms with Crippen LogP contribution in [0.4, 0.5) is 11.4 Å². The van der Waals surface area contributed by atoms with E-state index < -0.39 is 0 Å². The van der Waals surface area contributed by atoms with E-state index in [1.54, 1.807) is 13.0 Å². The molecule has 5 nitrogen and oxygen atoms in total. The van der Waals surface area contributed by atoms with E-state index in [-0.39, 0.29) is 16.9 Å². The number of carbonyl (C=O) groups excluding carboxylic acids is 2. The predicted octanol–water partition coefficient (Wildman–Crippen LogP) is 3.78. The van der Waals surface area contributed by atoms with Gasteiger partial charge in [-0.05, 0) is 55.4 Å². The largest absolute Gasteiger partial charge is 0.332 e. The molecule has 2 rings (SSSR count). The first-order valence-electron chi connectivity index (χ1n) is 7.99. The Labute approximate surface area is 152 Å². The van der Waals surface area contributed by atoms with Crippen molar-refractivity contribution >= 4 is 40.5 Å². The zero-order valence-electron chi connectivity index (χ0n) is 14.5. The Hall–Kier alpha value is -2.73. The third-order valence-corrected chi connectivity index (χ3v) is 4.00. The number of carbonyl (C=O) groups is 2. The first-order chi connectivity index (χ1) is 11.9. The molecule has 6 heteroatoms. The fraction of sp³-hybridized carbons (Fsp3) is 0.211. The van der Waals surface area contributed by atoms with Gasteiger partial charge in [-0.3, -0.25) is 14.9 Å². The third-order valence-electron chi connectivity index (χ3n) is 3.79. The van der Waals surface area contributed by atoms with Crippen molar-refractivity contribution in [2.45, 2.75) is 27.2 Å². The molecule has 2 aromatic rings. The topological polar surface area (TPSA) is 70.2 Å². The van der Waals surface area contributed by atoms with Gasteiger partial charge in [-0.2, -0.15) is 0 Å². The highest BCUT2D eigenvalue weighted by molar-refractivity contribution is 7.80. The summed E-state index contributed by atoms with van der Waals surface area (Å²) in [6, 6.07) is 12.8. The van der Waals surface area contributed by atoms with Crippen LogP contribution in [-0.2, 0) is 4.79 Å². The average Bonchev–Trinajstić information content (AvgIpc) is 2.58. The number of rotatable bonds is 4. The standard InChI is InChI=1S/C19H21N3O2S/c1-4-17(23)20-15-10-7-11-16(13(15)3)21-19(25)22-18(24)14-9-6-5-8-12(14)2/h5-11H,4H2,1-3H3,(H,20,23)(H2,21,22,24,25). The summed E-state index contributed by atoms with van der Waals surface area (Å²) in [7, 11) is 0. The molecule has 0 aromatic heterocycles. The van der Waals surface area contributed by atoms with E-state index in [9.17, 15) is 9.59 Å². The maximum atomic E-state index is 12.3. The minimum absolute atomic E-state index is 0.0596. The fourth-order valence-corrected chi connectivity index (χ4v) is 2.50. The van der Waals surface area contributed by atoms with E-state index in [1.807, 2.05) is 50.2 Å². The van der Waals surface area contributed by atoms with Gasteiger partial charge in [0.15, 0.2) is 5.11 Å². The molecule has 0 saturated heterocycles. The number of nitrogens with one attached hydrogen (secondary N) is 3. The lowest BCUT2D eigenvalue weighted by molar-refractivity contribution is -0.115. The summed E-state index contributed by atoms with van der Waals surface area (Å²) in [6.07, 6.45) is 0.405. The van der Waals surface area contributed by atoms with Crippen LogP contribution in [-0.4, -0.2) is 16.9 Å². The Kier molecular flexibility index (Phi) is 6.25. The molecule has 0 heterocycles. The molecule has 0 aliphatic carbocycles. The van der Waals surface area contributed by atoms with Crippen LogP contribution >= 0.6 is 12.2 Å². The monoisotopic (exact) mass is 355 g/mol. The summed E-state index contributed by atoms with van der Waals surface area (Å²) in [5.74, 6) is -0.320. The van der Waals surface area contributed by atoms with Crippen molar-refractivity contribution in [1.82, 2.24) is 5.32 Å². The lowest BCUT2D eigenvalue weighted by atomic mass is 10.1. The molecule has 0 saturated carbocycles. The zero-order chi connectivity index (χ0) is 18.4. The van der Waals surface area contributed by atoms with Gasteiger partial charge in [0, 0.05) is 23.4 Å². The van der Waals surface area contributed by atoms with E-state index >= 15 is 0 Å². The molecule has 0 aliphatic rings. The summed E-state index contributed by atoms with van der Waals surface area (Å²) in [5.41, 5.74) is 3.74. The second kappa shape index (κ2) is 8.39. The summed E-state index contributed by atoms with van der Waals surface area (Å²) in [4.78, 5) is 23.9. The van der Waals surface area contributed by atoms with E-state index in [0.29, 0.717) is 17.7 Å². The Morgan fingerprint density at radius 2 is 1.60 bits per heavy atom. The van der Waals surface area contributed by atoms with Crippen LogP contribution < -0.4 is 16.0 Å². The number of aryl methyl sites for hydroxylation is 1. The van der Waals surface area contributed by atoms with Gasteiger partial charge in [-0.15, -0.1) is 0 Å². The van der Waals surface area contributed by atoms with Crippen molar-refractivity contribution in [2.75, 3.05) is 10.6 Å². The van der Waals surface area contributed by atoms with Crippen LogP contribution in [0.25, 0.3) is 0 Å². The lowest BCUT2D eigenvalue weighted by Crippen LogP contribution is -2.34. The Balaban J connectivity index is 2.08. The average molecular weight is 355 g/mol. The SMILES string of the molecule is CCC(=O)Nc1cccc(NC(=S)NC(=O)c2ccccc2C)c1C. The van der Waals surface area contributed by atoms with Crippen molar-refractivity contribution in [2.24, 2.45) is 0 Å². The Morgan fingerprint density at radius 1 is 0.960 bits per heavy atom. The van der Waals surface area contributed by atoms with Gasteiger partial charge in [0.25, 0.3) is 5.91 Å². The van der Waals surface area contributed by atoms with Crippen molar-refractivity contribution in [3.05, 3.63) is 59.2 Å². The van der Waals surface area contributed by atoms with Crippen molar-refractivity contribution in [3.63, 3.8) is 0 Å². The van der Waals surface area contributed by atoms with Crippen molar-refractivity contribution < 1.29 is 9.59 Å². The van der Waals surface area contributed by atoms with Gasteiger partial charge in [-0.25, -0.2) is 0 Å². The van der Waals surface area contributed by atoms with Crippen molar-refractivity contribution in [1.29, 1.82) is 0 Å². The van der Waals surface area contributed by atoms with Gasteiger partial charge in [-0.1, -0.05) is 31.2 Å². The van der Waals surface area contributed by atoms with Gasteiger partial charge in [0.2, 0.25) is 5.91 Å². The number of amides is 2. The molecule has 0 spiro atoms. The van der Waals surface area contributed by atoms with E-state index in [0.717, 1.165) is 16.8 Å². The van der Waals surface area contributed by atoms with Gasteiger partial charge in [0.1, 0.15) is 0 Å². The number of hydrogen-bond donors (Lipinski definition) is 3. The molecular weight excluding hydrogens is 334 g/mol. The van der Waals surface area contributed by atoms with E-state index in [1.165, 1.54) is 0 Å². The van der Waals surface area contributed by atoms with Crippen molar-refractivity contribution in [3.8, 4) is 0 Å². The van der Waals surface area contributed by atoms with Crippen LogP contribution in [0.2, 0.25) is 0 Å². The molecule has 25 heavy (non-hydrogen) atoms. The summed E-state index contributed by atoms with van der Waals surface area (Å²) < 4.78 is 0. The molecule has 0 bridgehead atoms. The predicted molar refractivity (Wildman–Crippen MR) is 105 cm³/mol. The molecule has 2 amide bonds. The molecule has 0 radical (unpaired) electrons. The van der Waals surface area contributed by atoms with Gasteiger partial charge >= 0.3 is 0 Å². The molecule has 3 N–H and O–H groups in total. The van der Waals surface area contributed by atoms with Crippen LogP contribution in [0.5, 0.6) is 0 Å². The number of hydrogen-bond acceptors (Lipinski definition) is 3. The number of anilines is 2. The normalized spacial score (nSPS) is 10.0. The van der Waals surface area contributed by atoms with Crippen LogP contribution in [0.15, 0.2) is 42.5 Å². The minimum atomic E-state index is -0.260. The Bertz CT molecular complexity index is 818. The molecular formula is C19H21N3O2S. The van der Waals surface area contributed by atoms with E-state index in [2.05, 4.69) is 16.0 Å². The highest BCUT2D eigenvalue weighted by Gasteiger charge is 2.12. The second-order valence-corrected chi connectivity index (χ2v) is 6.01. The number of thiocarbonyl (C=S) groups is 1. The molecule has 0 atom stereocenters. The highest BCUT2D eigenvalue weighted by atomic mass is 32.1. The summed E-state index contributed by atoms with van der Waals surface area (Å²) in [6.45, 7) is 5.54. The molecule has 130 valence electrons. The zero-order valence-corrected chi connectivity index (χ0v) is 15.3. The van der Waals surface area contributed by atoms with Crippen LogP contribution in [0, 0.1) is 13.8 Å². The quantitative estimate of drug-likeness (QED) is 0.730. The fourth-order valence-electron chi connectivity index (χ4n) is 2.30. The lowest BCUT2D eigenvalue weighted by Gasteiger charge is -2.15. The summed E-state index contributed by atoms with van der Waals surface area (Å²) in [5, 5.41) is 8.73. The second-order valence-electron chi connectivity index (χ2n) is 5.60. The first kappa shape index (κ1) is 18.6. The van der Waals surface area contributed by atoms with Crippen LogP contribution in [0.1, 0.15) is 34.8 Å². The molecule has 0 aliphatic heterocycles. The maximum Gasteiger partial charge on any atom is 0.257 e. The molecule has 0 unspecified atom stereocenters. The minimum Gasteiger partial charge on any atom is -0.332 e. The first-order valence-corrected chi connectivity index (χ1v) is 8.40. The molecule has 2 aromatic carbocycles. The van der Waals surface area contributed by atoms with Gasteiger partial charge < -0.3 is 10.6 Å². The maximum absolute atomic E-state index is 12.3. The van der Waals surface area contributed by atoms with Crippen LogP contribution in [0.3, 0.4) is 0 Å². The summed E-state index contributed by atoms with van der Waals surface area (Å²) >= 11 is 5.24.